The number of aryl methyl sites for hydroxylation is 1. The van der Waals surface area contributed by atoms with E-state index < -0.39 is 0 Å². The monoisotopic (exact) mass is 357 g/mol. The van der Waals surface area contributed by atoms with Crippen molar-refractivity contribution in [2.45, 2.75) is 25.5 Å². The average molecular weight is 357 g/mol. The summed E-state index contributed by atoms with van der Waals surface area (Å²) in [5.74, 6) is 1.22. The zero-order valence-corrected chi connectivity index (χ0v) is 15.1. The van der Waals surface area contributed by atoms with Crippen molar-refractivity contribution in [1.82, 2.24) is 19.7 Å². The Morgan fingerprint density at radius 2 is 2.00 bits per heavy atom. The molecule has 25 heavy (non-hydrogen) atoms. The summed E-state index contributed by atoms with van der Waals surface area (Å²) in [6, 6.07) is 11.8. The molecule has 1 N–H and O–H groups in total. The second-order valence-corrected chi connectivity index (χ2v) is 6.57. The van der Waals surface area contributed by atoms with Crippen molar-refractivity contribution >= 4 is 17.4 Å². The van der Waals surface area contributed by atoms with Crippen LogP contribution in [0.3, 0.4) is 0 Å². The van der Waals surface area contributed by atoms with E-state index in [2.05, 4.69) is 20.5 Å². The molecule has 2 aromatic heterocycles. The zero-order valence-electron chi connectivity index (χ0n) is 14.2. The smallest absolute Gasteiger partial charge is 0.191 e. The van der Waals surface area contributed by atoms with E-state index in [9.17, 15) is 4.39 Å². The topological polar surface area (TPSA) is 55.6 Å². The Hall–Kier alpha value is -2.41. The third kappa shape index (κ3) is 4.17. The molecule has 0 radical (unpaired) electrons. The Morgan fingerprint density at radius 3 is 2.72 bits per heavy atom. The van der Waals surface area contributed by atoms with E-state index >= 15 is 0 Å². The molecule has 5 nitrogen and oxygen atoms in total. The molecule has 0 aliphatic rings. The van der Waals surface area contributed by atoms with E-state index in [1.165, 1.54) is 6.20 Å². The molecule has 3 rings (SSSR count). The van der Waals surface area contributed by atoms with Crippen molar-refractivity contribution in [2.24, 2.45) is 0 Å². The van der Waals surface area contributed by atoms with Crippen molar-refractivity contribution in [3.63, 3.8) is 0 Å². The molecule has 0 aliphatic heterocycles. The third-order valence-corrected chi connectivity index (χ3v) is 4.71. The molecular weight excluding hydrogens is 337 g/mol. The van der Waals surface area contributed by atoms with Gasteiger partial charge in [-0.2, -0.15) is 0 Å². The Morgan fingerprint density at radius 1 is 1.20 bits per heavy atom. The molecule has 0 saturated carbocycles. The third-order valence-electron chi connectivity index (χ3n) is 3.75. The number of rotatable bonds is 7. The number of anilines is 1. The lowest BCUT2D eigenvalue weighted by Gasteiger charge is -2.08. The molecule has 2 heterocycles. The fraction of sp³-hybridized carbons (Fsp3) is 0.278. The number of nitrogens with one attached hydrogen (secondary N) is 1. The predicted octanol–water partition coefficient (Wildman–Crippen LogP) is 4.01. The minimum Gasteiger partial charge on any atom is -0.384 e. The number of hydrogen-bond donors (Lipinski definition) is 1. The van der Waals surface area contributed by atoms with E-state index in [0.29, 0.717) is 17.1 Å². The second-order valence-electron chi connectivity index (χ2n) is 5.51. The highest BCUT2D eigenvalue weighted by atomic mass is 32.2. The highest BCUT2D eigenvalue weighted by Crippen LogP contribution is 2.23. The van der Waals surface area contributed by atoms with Crippen LogP contribution in [-0.2, 0) is 6.54 Å². The summed E-state index contributed by atoms with van der Waals surface area (Å²) < 4.78 is 15.4. The van der Waals surface area contributed by atoms with E-state index in [1.807, 2.05) is 41.8 Å². The van der Waals surface area contributed by atoms with Crippen molar-refractivity contribution in [2.75, 3.05) is 17.6 Å². The molecule has 1 aromatic carbocycles. The number of thioether (sulfide) groups is 1. The van der Waals surface area contributed by atoms with Crippen LogP contribution >= 0.6 is 11.8 Å². The van der Waals surface area contributed by atoms with Crippen LogP contribution in [0.4, 0.5) is 10.1 Å². The fourth-order valence-corrected chi connectivity index (χ4v) is 3.28. The first-order valence-electron chi connectivity index (χ1n) is 8.16. The summed E-state index contributed by atoms with van der Waals surface area (Å²) in [7, 11) is 0. The minimum atomic E-state index is -0.312. The fourth-order valence-electron chi connectivity index (χ4n) is 2.43. The molecule has 0 aliphatic carbocycles. The van der Waals surface area contributed by atoms with Crippen molar-refractivity contribution in [3.05, 3.63) is 54.0 Å². The number of benzene rings is 1. The summed E-state index contributed by atoms with van der Waals surface area (Å²) in [5, 5.41) is 12.7. The highest BCUT2D eigenvalue weighted by Gasteiger charge is 2.15. The summed E-state index contributed by atoms with van der Waals surface area (Å²) in [4.78, 5) is 4.15. The van der Waals surface area contributed by atoms with E-state index in [4.69, 9.17) is 0 Å². The molecule has 0 atom stereocenters. The SMILES string of the molecule is CCn1c(SCCNc2ccccc2)nnc1-c1cc(C)c(F)cn1. The Bertz CT molecular complexity index is 835. The molecule has 0 fully saturated rings. The highest BCUT2D eigenvalue weighted by molar-refractivity contribution is 7.99. The van der Waals surface area contributed by atoms with Crippen molar-refractivity contribution < 1.29 is 4.39 Å². The van der Waals surface area contributed by atoms with Crippen molar-refractivity contribution in [1.29, 1.82) is 0 Å². The number of aromatic nitrogens is 4. The maximum Gasteiger partial charge on any atom is 0.191 e. The van der Waals surface area contributed by atoms with Gasteiger partial charge >= 0.3 is 0 Å². The number of pyridine rings is 1. The first-order chi connectivity index (χ1) is 12.2. The molecular formula is C18H20FN5S. The summed E-state index contributed by atoms with van der Waals surface area (Å²) >= 11 is 1.64. The molecule has 0 bridgehead atoms. The number of halogens is 1. The molecule has 0 unspecified atom stereocenters. The van der Waals surface area contributed by atoms with Gasteiger partial charge in [0.25, 0.3) is 0 Å². The normalized spacial score (nSPS) is 10.8. The van der Waals surface area contributed by atoms with Crippen LogP contribution in [0.15, 0.2) is 47.8 Å². The Balaban J connectivity index is 1.66. The van der Waals surface area contributed by atoms with Gasteiger partial charge in [-0.25, -0.2) is 9.37 Å². The first-order valence-corrected chi connectivity index (χ1v) is 9.15. The second kappa shape index (κ2) is 8.11. The van der Waals surface area contributed by atoms with Gasteiger partial charge in [-0.1, -0.05) is 30.0 Å². The van der Waals surface area contributed by atoms with Crippen LogP contribution in [0.1, 0.15) is 12.5 Å². The van der Waals surface area contributed by atoms with Crippen molar-refractivity contribution in [3.8, 4) is 11.5 Å². The van der Waals surface area contributed by atoms with Crippen LogP contribution < -0.4 is 5.32 Å². The Labute approximate surface area is 150 Å². The Kier molecular flexibility index (Phi) is 5.65. The minimum absolute atomic E-state index is 0.312. The van der Waals surface area contributed by atoms with Crippen LogP contribution in [0, 0.1) is 12.7 Å². The van der Waals surface area contributed by atoms with E-state index in [-0.39, 0.29) is 5.82 Å². The maximum absolute atomic E-state index is 13.4. The first kappa shape index (κ1) is 17.4. The van der Waals surface area contributed by atoms with Crippen LogP contribution in [0.5, 0.6) is 0 Å². The molecule has 7 heteroatoms. The predicted molar refractivity (Wildman–Crippen MR) is 99.3 cm³/mol. The van der Waals surface area contributed by atoms with Gasteiger partial charge in [0.2, 0.25) is 0 Å². The zero-order chi connectivity index (χ0) is 17.6. The standard InChI is InChI=1S/C18H20FN5S/c1-3-24-17(16-11-13(2)15(19)12-21-16)22-23-18(24)25-10-9-20-14-7-5-4-6-8-14/h4-8,11-12,20H,3,9-10H2,1-2H3. The van der Waals surface area contributed by atoms with Gasteiger partial charge in [0.05, 0.1) is 6.20 Å². The van der Waals surface area contributed by atoms with Gasteiger partial charge < -0.3 is 9.88 Å². The molecule has 130 valence electrons. The average Bonchev–Trinajstić information content (AvgIpc) is 3.05. The largest absolute Gasteiger partial charge is 0.384 e. The van der Waals surface area contributed by atoms with Gasteiger partial charge in [0.1, 0.15) is 11.5 Å². The summed E-state index contributed by atoms with van der Waals surface area (Å²) in [5.41, 5.74) is 2.30. The van der Waals surface area contributed by atoms with Crippen LogP contribution in [0.2, 0.25) is 0 Å². The molecule has 0 saturated heterocycles. The number of nitrogens with zero attached hydrogens (tertiary/aromatic N) is 4. The summed E-state index contributed by atoms with van der Waals surface area (Å²) in [6.45, 7) is 5.32. The van der Waals surface area contributed by atoms with Crippen LogP contribution in [0.25, 0.3) is 11.5 Å². The van der Waals surface area contributed by atoms with Gasteiger partial charge in [-0.15, -0.1) is 10.2 Å². The van der Waals surface area contributed by atoms with Gasteiger partial charge in [-0.3, -0.25) is 0 Å². The molecule has 0 spiro atoms. The quantitative estimate of drug-likeness (QED) is 0.511. The van der Waals surface area contributed by atoms with Crippen LogP contribution in [-0.4, -0.2) is 32.0 Å². The van der Waals surface area contributed by atoms with Gasteiger partial charge in [0, 0.05) is 24.5 Å². The lowest BCUT2D eigenvalue weighted by Crippen LogP contribution is -2.06. The number of para-hydroxylation sites is 1. The van der Waals surface area contributed by atoms with E-state index in [0.717, 1.165) is 29.7 Å². The number of hydrogen-bond acceptors (Lipinski definition) is 5. The van der Waals surface area contributed by atoms with Gasteiger partial charge in [-0.05, 0) is 37.6 Å². The molecule has 0 amide bonds. The lowest BCUT2D eigenvalue weighted by molar-refractivity contribution is 0.611. The summed E-state index contributed by atoms with van der Waals surface area (Å²) in [6.07, 6.45) is 1.23. The van der Waals surface area contributed by atoms with Gasteiger partial charge in [0.15, 0.2) is 11.0 Å². The lowest BCUT2D eigenvalue weighted by atomic mass is 10.2. The maximum atomic E-state index is 13.4. The van der Waals surface area contributed by atoms with E-state index in [1.54, 1.807) is 24.8 Å². The molecule has 3 aromatic rings.